The SMILES string of the molecule is Cc1cc(NCc2cccc(O)c2)ccc1N.Cl. The van der Waals surface area contributed by atoms with E-state index < -0.39 is 0 Å². The van der Waals surface area contributed by atoms with E-state index in [1.54, 1.807) is 12.1 Å². The number of nitrogens with two attached hydrogens (primary N) is 1. The average Bonchev–Trinajstić information content (AvgIpc) is 2.31. The van der Waals surface area contributed by atoms with Crippen LogP contribution in [-0.2, 0) is 6.54 Å². The number of anilines is 2. The normalized spacial score (nSPS) is 9.61. The second kappa shape index (κ2) is 6.17. The second-order valence-electron chi connectivity index (χ2n) is 4.09. The van der Waals surface area contributed by atoms with Gasteiger partial charge in [-0.2, -0.15) is 0 Å². The quantitative estimate of drug-likeness (QED) is 0.746. The Morgan fingerprint density at radius 1 is 1.17 bits per heavy atom. The van der Waals surface area contributed by atoms with E-state index in [-0.39, 0.29) is 18.2 Å². The Balaban J connectivity index is 0.00000162. The molecule has 0 unspecified atom stereocenters. The summed E-state index contributed by atoms with van der Waals surface area (Å²) in [6, 6.07) is 13.1. The smallest absolute Gasteiger partial charge is 0.115 e. The summed E-state index contributed by atoms with van der Waals surface area (Å²) in [5.74, 6) is 0.290. The molecule has 0 atom stereocenters. The number of phenols is 1. The van der Waals surface area contributed by atoms with Gasteiger partial charge in [0, 0.05) is 17.9 Å². The number of halogens is 1. The minimum Gasteiger partial charge on any atom is -0.508 e. The average molecular weight is 265 g/mol. The third-order valence-electron chi connectivity index (χ3n) is 2.68. The largest absolute Gasteiger partial charge is 0.508 e. The molecule has 0 saturated carbocycles. The topological polar surface area (TPSA) is 58.3 Å². The highest BCUT2D eigenvalue weighted by Crippen LogP contribution is 2.18. The summed E-state index contributed by atoms with van der Waals surface area (Å²) in [5.41, 5.74) is 9.68. The summed E-state index contributed by atoms with van der Waals surface area (Å²) in [5, 5.41) is 12.6. The molecule has 4 N–H and O–H groups in total. The molecular weight excluding hydrogens is 248 g/mol. The van der Waals surface area contributed by atoms with Crippen LogP contribution < -0.4 is 11.1 Å². The number of hydrogen-bond donors (Lipinski definition) is 3. The number of nitrogen functional groups attached to an aromatic ring is 1. The van der Waals surface area contributed by atoms with Crippen molar-refractivity contribution in [1.29, 1.82) is 0 Å². The summed E-state index contributed by atoms with van der Waals surface area (Å²) in [7, 11) is 0. The van der Waals surface area contributed by atoms with Gasteiger partial charge in [-0.1, -0.05) is 12.1 Å². The van der Waals surface area contributed by atoms with E-state index in [1.165, 1.54) is 0 Å². The molecule has 0 bridgehead atoms. The van der Waals surface area contributed by atoms with Crippen molar-refractivity contribution in [3.8, 4) is 5.75 Å². The standard InChI is InChI=1S/C14H16N2O.ClH/c1-10-7-12(5-6-14(10)15)16-9-11-3-2-4-13(17)8-11;/h2-8,16-17H,9,15H2,1H3;1H. The highest BCUT2D eigenvalue weighted by atomic mass is 35.5. The van der Waals surface area contributed by atoms with Crippen LogP contribution in [0.2, 0.25) is 0 Å². The van der Waals surface area contributed by atoms with Gasteiger partial charge < -0.3 is 16.2 Å². The van der Waals surface area contributed by atoms with E-state index in [4.69, 9.17) is 5.73 Å². The fraction of sp³-hybridized carbons (Fsp3) is 0.143. The fourth-order valence-electron chi connectivity index (χ4n) is 1.66. The Morgan fingerprint density at radius 3 is 2.61 bits per heavy atom. The van der Waals surface area contributed by atoms with Crippen molar-refractivity contribution in [2.24, 2.45) is 0 Å². The first-order valence-corrected chi connectivity index (χ1v) is 5.53. The van der Waals surface area contributed by atoms with Crippen LogP contribution in [0, 0.1) is 6.92 Å². The first kappa shape index (κ1) is 14.2. The molecule has 96 valence electrons. The number of aromatic hydroxyl groups is 1. The van der Waals surface area contributed by atoms with Gasteiger partial charge in [0.1, 0.15) is 5.75 Å². The molecule has 0 heterocycles. The minimum absolute atomic E-state index is 0. The van der Waals surface area contributed by atoms with Crippen LogP contribution in [0.1, 0.15) is 11.1 Å². The molecule has 0 saturated heterocycles. The van der Waals surface area contributed by atoms with E-state index in [0.29, 0.717) is 6.54 Å². The van der Waals surface area contributed by atoms with Crippen molar-refractivity contribution in [1.82, 2.24) is 0 Å². The molecule has 0 amide bonds. The first-order valence-electron chi connectivity index (χ1n) is 5.53. The van der Waals surface area contributed by atoms with Gasteiger partial charge in [-0.15, -0.1) is 12.4 Å². The molecule has 0 aliphatic rings. The molecule has 0 radical (unpaired) electrons. The Bertz CT molecular complexity index is 529. The van der Waals surface area contributed by atoms with Crippen LogP contribution in [0.5, 0.6) is 5.75 Å². The number of rotatable bonds is 3. The second-order valence-corrected chi connectivity index (χ2v) is 4.09. The van der Waals surface area contributed by atoms with Crippen molar-refractivity contribution < 1.29 is 5.11 Å². The van der Waals surface area contributed by atoms with Gasteiger partial charge in [-0.25, -0.2) is 0 Å². The lowest BCUT2D eigenvalue weighted by Gasteiger charge is -2.08. The maximum Gasteiger partial charge on any atom is 0.115 e. The zero-order valence-corrected chi connectivity index (χ0v) is 11.0. The van der Waals surface area contributed by atoms with Crippen molar-refractivity contribution in [2.45, 2.75) is 13.5 Å². The first-order chi connectivity index (χ1) is 8.15. The third kappa shape index (κ3) is 3.57. The van der Waals surface area contributed by atoms with Crippen molar-refractivity contribution >= 4 is 23.8 Å². The lowest BCUT2D eigenvalue weighted by Crippen LogP contribution is -2.00. The van der Waals surface area contributed by atoms with Gasteiger partial charge in [0.15, 0.2) is 0 Å². The Hall–Kier alpha value is -1.87. The van der Waals surface area contributed by atoms with Crippen LogP contribution in [0.15, 0.2) is 42.5 Å². The molecule has 0 aliphatic carbocycles. The molecule has 0 spiro atoms. The highest BCUT2D eigenvalue weighted by molar-refractivity contribution is 5.85. The predicted octanol–water partition coefficient (Wildman–Crippen LogP) is 3.32. The molecule has 2 aromatic rings. The summed E-state index contributed by atoms with van der Waals surface area (Å²) in [4.78, 5) is 0. The zero-order chi connectivity index (χ0) is 12.3. The van der Waals surface area contributed by atoms with Crippen molar-refractivity contribution in [3.05, 3.63) is 53.6 Å². The van der Waals surface area contributed by atoms with Gasteiger partial charge in [-0.05, 0) is 48.4 Å². The Labute approximate surface area is 113 Å². The third-order valence-corrected chi connectivity index (χ3v) is 2.68. The molecule has 18 heavy (non-hydrogen) atoms. The van der Waals surface area contributed by atoms with Gasteiger partial charge in [-0.3, -0.25) is 0 Å². The molecule has 0 aliphatic heterocycles. The zero-order valence-electron chi connectivity index (χ0n) is 10.2. The van der Waals surface area contributed by atoms with Crippen LogP contribution in [0.4, 0.5) is 11.4 Å². The number of benzene rings is 2. The summed E-state index contributed by atoms with van der Waals surface area (Å²) in [6.07, 6.45) is 0. The number of hydrogen-bond acceptors (Lipinski definition) is 3. The van der Waals surface area contributed by atoms with Gasteiger partial charge in [0.2, 0.25) is 0 Å². The van der Waals surface area contributed by atoms with Gasteiger partial charge >= 0.3 is 0 Å². The maximum atomic E-state index is 9.35. The lowest BCUT2D eigenvalue weighted by molar-refractivity contribution is 0.474. The molecule has 2 aromatic carbocycles. The van der Waals surface area contributed by atoms with E-state index in [0.717, 1.165) is 22.5 Å². The van der Waals surface area contributed by atoms with Crippen molar-refractivity contribution in [2.75, 3.05) is 11.1 Å². The summed E-state index contributed by atoms with van der Waals surface area (Å²) in [6.45, 7) is 2.66. The van der Waals surface area contributed by atoms with E-state index in [2.05, 4.69) is 5.32 Å². The van der Waals surface area contributed by atoms with Gasteiger partial charge in [0.05, 0.1) is 0 Å². The van der Waals surface area contributed by atoms with Gasteiger partial charge in [0.25, 0.3) is 0 Å². The Kier molecular flexibility index (Phi) is 4.86. The molecule has 0 fully saturated rings. The van der Waals surface area contributed by atoms with Crippen LogP contribution in [-0.4, -0.2) is 5.11 Å². The fourth-order valence-corrected chi connectivity index (χ4v) is 1.66. The van der Waals surface area contributed by atoms with E-state index in [9.17, 15) is 5.11 Å². The summed E-state index contributed by atoms with van der Waals surface area (Å²) < 4.78 is 0. The predicted molar refractivity (Wildman–Crippen MR) is 78.3 cm³/mol. The highest BCUT2D eigenvalue weighted by Gasteiger charge is 1.98. The summed E-state index contributed by atoms with van der Waals surface area (Å²) >= 11 is 0. The number of aryl methyl sites for hydroxylation is 1. The van der Waals surface area contributed by atoms with Crippen molar-refractivity contribution in [3.63, 3.8) is 0 Å². The molecule has 0 aromatic heterocycles. The van der Waals surface area contributed by atoms with Crippen LogP contribution in [0.25, 0.3) is 0 Å². The van der Waals surface area contributed by atoms with E-state index >= 15 is 0 Å². The maximum absolute atomic E-state index is 9.35. The van der Waals surface area contributed by atoms with Crippen LogP contribution in [0.3, 0.4) is 0 Å². The molecular formula is C14H17ClN2O. The molecule has 2 rings (SSSR count). The lowest BCUT2D eigenvalue weighted by atomic mass is 10.1. The molecule has 4 heteroatoms. The van der Waals surface area contributed by atoms with E-state index in [1.807, 2.05) is 37.3 Å². The van der Waals surface area contributed by atoms with Crippen LogP contribution >= 0.6 is 12.4 Å². The number of phenolic OH excluding ortho intramolecular Hbond substituents is 1. The minimum atomic E-state index is 0. The molecule has 3 nitrogen and oxygen atoms in total. The monoisotopic (exact) mass is 264 g/mol. The Morgan fingerprint density at radius 2 is 1.94 bits per heavy atom. The number of nitrogens with one attached hydrogen (secondary N) is 1.